The number of nitrogens with two attached hydrogens (primary N) is 1. The lowest BCUT2D eigenvalue weighted by Gasteiger charge is -2.41. The highest BCUT2D eigenvalue weighted by atomic mass is 15.2. The van der Waals surface area contributed by atoms with Gasteiger partial charge in [0.1, 0.15) is 0 Å². The number of nitrogens with zero attached hydrogens (tertiary/aromatic N) is 2. The van der Waals surface area contributed by atoms with Gasteiger partial charge >= 0.3 is 0 Å². The van der Waals surface area contributed by atoms with Crippen LogP contribution in [0.15, 0.2) is 24.5 Å². The summed E-state index contributed by atoms with van der Waals surface area (Å²) in [6.07, 6.45) is 7.57. The van der Waals surface area contributed by atoms with Crippen molar-refractivity contribution in [1.82, 2.24) is 9.88 Å². The Balaban J connectivity index is 2.22. The fraction of sp³-hybridized carbons (Fsp3) is 0.643. The fourth-order valence-corrected chi connectivity index (χ4v) is 2.97. The number of aromatic nitrogens is 1. The first kappa shape index (κ1) is 12.5. The highest BCUT2D eigenvalue weighted by molar-refractivity contribution is 5.16. The molecule has 1 saturated heterocycles. The molecule has 2 heterocycles. The van der Waals surface area contributed by atoms with Gasteiger partial charge in [0.15, 0.2) is 0 Å². The predicted molar refractivity (Wildman–Crippen MR) is 70.6 cm³/mol. The van der Waals surface area contributed by atoms with Crippen LogP contribution in [-0.4, -0.2) is 29.5 Å². The number of pyridine rings is 1. The number of hydrogen-bond donors (Lipinski definition) is 1. The van der Waals surface area contributed by atoms with Crippen molar-refractivity contribution in [2.45, 2.75) is 32.2 Å². The van der Waals surface area contributed by atoms with E-state index in [1.165, 1.54) is 31.4 Å². The van der Waals surface area contributed by atoms with E-state index in [9.17, 15) is 0 Å². The van der Waals surface area contributed by atoms with Crippen molar-refractivity contribution in [1.29, 1.82) is 0 Å². The predicted octanol–water partition coefficient (Wildman–Crippen LogP) is 2.20. The molecule has 1 aliphatic heterocycles. The van der Waals surface area contributed by atoms with Gasteiger partial charge in [-0.05, 0) is 56.4 Å². The van der Waals surface area contributed by atoms with E-state index in [0.29, 0.717) is 12.0 Å². The van der Waals surface area contributed by atoms with Gasteiger partial charge in [-0.1, -0.05) is 13.0 Å². The number of likely N-dealkylation sites (tertiary alicyclic amines) is 1. The van der Waals surface area contributed by atoms with Crippen LogP contribution in [0.2, 0.25) is 0 Å². The van der Waals surface area contributed by atoms with Crippen molar-refractivity contribution in [2.75, 3.05) is 19.6 Å². The molecule has 94 valence electrons. The van der Waals surface area contributed by atoms with Crippen LogP contribution in [0.1, 0.15) is 37.8 Å². The summed E-state index contributed by atoms with van der Waals surface area (Å²) in [5.41, 5.74) is 7.27. The first-order valence-corrected chi connectivity index (χ1v) is 6.70. The molecule has 2 rings (SSSR count). The van der Waals surface area contributed by atoms with Gasteiger partial charge in [0.25, 0.3) is 0 Å². The zero-order valence-electron chi connectivity index (χ0n) is 10.7. The summed E-state index contributed by atoms with van der Waals surface area (Å²) >= 11 is 0. The van der Waals surface area contributed by atoms with E-state index in [4.69, 9.17) is 5.73 Å². The molecule has 0 bridgehead atoms. The molecule has 3 heteroatoms. The summed E-state index contributed by atoms with van der Waals surface area (Å²) in [6, 6.07) is 4.69. The molecule has 0 aliphatic carbocycles. The minimum atomic E-state index is 0.474. The Labute approximate surface area is 104 Å². The standard InChI is InChI=1S/C14H23N3/c1-2-8-17-9-4-6-12(10-15)14(17)13-5-3-7-16-11-13/h3,5,7,11-12,14H,2,4,6,8-10,15H2,1H3. The Morgan fingerprint density at radius 2 is 2.41 bits per heavy atom. The topological polar surface area (TPSA) is 42.1 Å². The van der Waals surface area contributed by atoms with Crippen LogP contribution in [0.5, 0.6) is 0 Å². The molecule has 1 aromatic rings. The van der Waals surface area contributed by atoms with Gasteiger partial charge in [-0.15, -0.1) is 0 Å². The van der Waals surface area contributed by atoms with Gasteiger partial charge in [-0.2, -0.15) is 0 Å². The third-order valence-electron chi connectivity index (χ3n) is 3.70. The van der Waals surface area contributed by atoms with Crippen LogP contribution < -0.4 is 5.73 Å². The molecule has 2 atom stereocenters. The molecule has 0 aromatic carbocycles. The van der Waals surface area contributed by atoms with Crippen molar-refractivity contribution in [2.24, 2.45) is 11.7 Å². The average molecular weight is 233 g/mol. The van der Waals surface area contributed by atoms with Crippen molar-refractivity contribution >= 4 is 0 Å². The Bertz CT molecular complexity index is 323. The van der Waals surface area contributed by atoms with Crippen LogP contribution in [-0.2, 0) is 0 Å². The van der Waals surface area contributed by atoms with Crippen molar-refractivity contribution in [3.8, 4) is 0 Å². The van der Waals surface area contributed by atoms with Crippen molar-refractivity contribution in [3.63, 3.8) is 0 Å². The second-order valence-corrected chi connectivity index (χ2v) is 4.91. The quantitative estimate of drug-likeness (QED) is 0.867. The summed E-state index contributed by atoms with van der Waals surface area (Å²) in [6.45, 7) is 5.38. The smallest absolute Gasteiger partial charge is 0.0403 e. The Morgan fingerprint density at radius 1 is 1.53 bits per heavy atom. The van der Waals surface area contributed by atoms with Crippen LogP contribution >= 0.6 is 0 Å². The van der Waals surface area contributed by atoms with Crippen LogP contribution in [0.4, 0.5) is 0 Å². The maximum atomic E-state index is 5.94. The molecule has 0 radical (unpaired) electrons. The first-order valence-electron chi connectivity index (χ1n) is 6.70. The lowest BCUT2D eigenvalue weighted by Crippen LogP contribution is -2.41. The molecule has 1 aliphatic rings. The highest BCUT2D eigenvalue weighted by Gasteiger charge is 2.31. The Hall–Kier alpha value is -0.930. The Kier molecular flexibility index (Phi) is 4.51. The summed E-state index contributed by atoms with van der Waals surface area (Å²) in [5, 5.41) is 0. The van der Waals surface area contributed by atoms with Gasteiger partial charge < -0.3 is 5.73 Å². The maximum Gasteiger partial charge on any atom is 0.0403 e. The molecule has 0 amide bonds. The lowest BCUT2D eigenvalue weighted by molar-refractivity contribution is 0.0958. The van der Waals surface area contributed by atoms with E-state index in [0.717, 1.165) is 13.1 Å². The summed E-state index contributed by atoms with van der Waals surface area (Å²) in [7, 11) is 0. The van der Waals surface area contributed by atoms with Crippen LogP contribution in [0, 0.1) is 5.92 Å². The van der Waals surface area contributed by atoms with Crippen LogP contribution in [0.25, 0.3) is 0 Å². The minimum absolute atomic E-state index is 0.474. The van der Waals surface area contributed by atoms with Gasteiger partial charge in [-0.25, -0.2) is 0 Å². The van der Waals surface area contributed by atoms with Gasteiger partial charge in [0.05, 0.1) is 0 Å². The third kappa shape index (κ3) is 2.85. The Morgan fingerprint density at radius 3 is 3.06 bits per heavy atom. The average Bonchev–Trinajstić information content (AvgIpc) is 2.40. The van der Waals surface area contributed by atoms with E-state index in [1.807, 2.05) is 18.5 Å². The van der Waals surface area contributed by atoms with E-state index >= 15 is 0 Å². The van der Waals surface area contributed by atoms with E-state index < -0.39 is 0 Å². The van der Waals surface area contributed by atoms with Gasteiger partial charge in [0, 0.05) is 18.4 Å². The lowest BCUT2D eigenvalue weighted by atomic mass is 9.85. The second kappa shape index (κ2) is 6.12. The maximum absolute atomic E-state index is 5.94. The number of hydrogen-bond acceptors (Lipinski definition) is 3. The highest BCUT2D eigenvalue weighted by Crippen LogP contribution is 2.35. The fourth-order valence-electron chi connectivity index (χ4n) is 2.97. The molecule has 0 saturated carbocycles. The third-order valence-corrected chi connectivity index (χ3v) is 3.70. The van der Waals surface area contributed by atoms with Crippen molar-refractivity contribution in [3.05, 3.63) is 30.1 Å². The molecule has 0 spiro atoms. The van der Waals surface area contributed by atoms with E-state index in [2.05, 4.69) is 22.9 Å². The summed E-state index contributed by atoms with van der Waals surface area (Å²) in [4.78, 5) is 6.84. The molecule has 3 nitrogen and oxygen atoms in total. The second-order valence-electron chi connectivity index (χ2n) is 4.91. The molecule has 1 aromatic heterocycles. The summed E-state index contributed by atoms with van der Waals surface area (Å²) in [5.74, 6) is 0.583. The molecule has 1 fully saturated rings. The number of piperidine rings is 1. The zero-order chi connectivity index (χ0) is 12.1. The minimum Gasteiger partial charge on any atom is -0.330 e. The van der Waals surface area contributed by atoms with Crippen molar-refractivity contribution < 1.29 is 0 Å². The summed E-state index contributed by atoms with van der Waals surface area (Å²) < 4.78 is 0. The molecule has 2 unspecified atom stereocenters. The number of rotatable bonds is 4. The molecule has 2 N–H and O–H groups in total. The monoisotopic (exact) mass is 233 g/mol. The van der Waals surface area contributed by atoms with Gasteiger partial charge in [0.2, 0.25) is 0 Å². The normalized spacial score (nSPS) is 26.0. The first-order chi connectivity index (χ1) is 8.36. The van der Waals surface area contributed by atoms with Gasteiger partial charge in [-0.3, -0.25) is 9.88 Å². The largest absolute Gasteiger partial charge is 0.330 e. The molecular weight excluding hydrogens is 210 g/mol. The van der Waals surface area contributed by atoms with E-state index in [-0.39, 0.29) is 0 Å². The molecular formula is C14H23N3. The molecule has 17 heavy (non-hydrogen) atoms. The van der Waals surface area contributed by atoms with E-state index in [1.54, 1.807) is 0 Å². The SMILES string of the molecule is CCCN1CCCC(CN)C1c1cccnc1. The zero-order valence-corrected chi connectivity index (χ0v) is 10.7. The van der Waals surface area contributed by atoms with Crippen LogP contribution in [0.3, 0.4) is 0 Å².